The summed E-state index contributed by atoms with van der Waals surface area (Å²) in [5.74, 6) is 0.0763. The summed E-state index contributed by atoms with van der Waals surface area (Å²) in [7, 11) is 0. The lowest BCUT2D eigenvalue weighted by Crippen LogP contribution is -2.36. The number of carbonyl (C=O) groups is 1. The number of rotatable bonds is 1. The number of ether oxygens (including phenoxy) is 2. The fourth-order valence-corrected chi connectivity index (χ4v) is 1.88. The molecule has 0 unspecified atom stereocenters. The molecule has 1 aliphatic heterocycles. The van der Waals surface area contributed by atoms with Crippen LogP contribution < -0.4 is 9.47 Å². The molecule has 0 aromatic heterocycles. The monoisotopic (exact) mass is 230 g/mol. The van der Waals surface area contributed by atoms with E-state index in [1.165, 1.54) is 0 Å². The first-order valence-corrected chi connectivity index (χ1v) is 5.29. The Balaban J connectivity index is 2.07. The van der Waals surface area contributed by atoms with Crippen LogP contribution >= 0.6 is 0 Å². The molecule has 1 N–H and O–H groups in total. The van der Waals surface area contributed by atoms with E-state index in [0.29, 0.717) is 11.5 Å². The van der Waals surface area contributed by atoms with Crippen LogP contribution in [-0.2, 0) is 4.79 Å². The number of benzene rings is 2. The molecule has 0 amide bonds. The van der Waals surface area contributed by atoms with Crippen molar-refractivity contribution >= 4 is 16.7 Å². The summed E-state index contributed by atoms with van der Waals surface area (Å²) in [6.07, 6.45) is -0.927. The van der Waals surface area contributed by atoms with Crippen LogP contribution in [0.15, 0.2) is 36.4 Å². The lowest BCUT2D eigenvalue weighted by atomic mass is 10.1. The number of carboxylic acids is 1. The molecule has 1 heterocycles. The third-order valence-electron chi connectivity index (χ3n) is 2.75. The van der Waals surface area contributed by atoms with Gasteiger partial charge >= 0.3 is 5.97 Å². The fourth-order valence-electron chi connectivity index (χ4n) is 1.88. The second-order valence-corrected chi connectivity index (χ2v) is 3.90. The largest absolute Gasteiger partial charge is 0.485 e. The molecule has 3 rings (SSSR count). The van der Waals surface area contributed by atoms with Gasteiger partial charge in [0.05, 0.1) is 0 Å². The van der Waals surface area contributed by atoms with E-state index in [1.54, 1.807) is 6.07 Å². The van der Waals surface area contributed by atoms with Crippen molar-refractivity contribution in [3.05, 3.63) is 36.4 Å². The van der Waals surface area contributed by atoms with Crippen molar-refractivity contribution in [2.24, 2.45) is 0 Å². The summed E-state index contributed by atoms with van der Waals surface area (Å²) in [6.45, 7) is 0.0423. The molecule has 0 radical (unpaired) electrons. The molecule has 1 atom stereocenters. The molecule has 17 heavy (non-hydrogen) atoms. The van der Waals surface area contributed by atoms with Crippen LogP contribution in [0.3, 0.4) is 0 Å². The molecule has 0 spiro atoms. The highest BCUT2D eigenvalue weighted by Gasteiger charge is 2.27. The molecule has 0 bridgehead atoms. The minimum absolute atomic E-state index is 0.0423. The SMILES string of the molecule is O=C(O)[C@H]1COc2cc3ccccc3cc2O1. The molecule has 2 aromatic rings. The van der Waals surface area contributed by atoms with Gasteiger partial charge in [0.25, 0.3) is 0 Å². The Morgan fingerprint density at radius 3 is 2.47 bits per heavy atom. The first-order valence-electron chi connectivity index (χ1n) is 5.29. The van der Waals surface area contributed by atoms with Gasteiger partial charge in [-0.25, -0.2) is 4.79 Å². The average Bonchev–Trinajstić information content (AvgIpc) is 2.35. The highest BCUT2D eigenvalue weighted by molar-refractivity contribution is 5.86. The van der Waals surface area contributed by atoms with Gasteiger partial charge in [0.1, 0.15) is 6.61 Å². The number of hydrogen-bond donors (Lipinski definition) is 1. The van der Waals surface area contributed by atoms with E-state index in [4.69, 9.17) is 14.6 Å². The van der Waals surface area contributed by atoms with E-state index in [9.17, 15) is 4.79 Å². The zero-order valence-electron chi connectivity index (χ0n) is 8.92. The van der Waals surface area contributed by atoms with Crippen LogP contribution in [0.25, 0.3) is 10.8 Å². The molecule has 0 fully saturated rings. The number of aliphatic carboxylic acids is 1. The van der Waals surface area contributed by atoms with Gasteiger partial charge in [-0.2, -0.15) is 0 Å². The van der Waals surface area contributed by atoms with Crippen LogP contribution in [0.1, 0.15) is 0 Å². The van der Waals surface area contributed by atoms with Crippen molar-refractivity contribution < 1.29 is 19.4 Å². The molecule has 0 aliphatic carbocycles. The van der Waals surface area contributed by atoms with Gasteiger partial charge in [-0.3, -0.25) is 0 Å². The third-order valence-corrected chi connectivity index (χ3v) is 2.75. The van der Waals surface area contributed by atoms with Crippen LogP contribution in [0.5, 0.6) is 11.5 Å². The standard InChI is InChI=1S/C13H10O4/c14-13(15)12-7-16-10-5-8-3-1-2-4-9(8)6-11(10)17-12/h1-6,12H,7H2,(H,14,15)/t12-/m1/s1. The lowest BCUT2D eigenvalue weighted by Gasteiger charge is -2.24. The molecule has 4 nitrogen and oxygen atoms in total. The minimum Gasteiger partial charge on any atom is -0.485 e. The third kappa shape index (κ3) is 1.67. The van der Waals surface area contributed by atoms with E-state index in [-0.39, 0.29) is 6.61 Å². The van der Waals surface area contributed by atoms with E-state index < -0.39 is 12.1 Å². The van der Waals surface area contributed by atoms with Gasteiger partial charge in [-0.15, -0.1) is 0 Å². The lowest BCUT2D eigenvalue weighted by molar-refractivity contribution is -0.147. The number of carboxylic acid groups (broad SMARTS) is 1. The van der Waals surface area contributed by atoms with Crippen molar-refractivity contribution in [1.82, 2.24) is 0 Å². The van der Waals surface area contributed by atoms with Gasteiger partial charge in [-0.1, -0.05) is 24.3 Å². The highest BCUT2D eigenvalue weighted by Crippen LogP contribution is 2.35. The summed E-state index contributed by atoms with van der Waals surface area (Å²) in [5.41, 5.74) is 0. The van der Waals surface area contributed by atoms with Crippen molar-refractivity contribution in [3.8, 4) is 11.5 Å². The maximum atomic E-state index is 10.8. The summed E-state index contributed by atoms with van der Waals surface area (Å²) in [4.78, 5) is 10.8. The fraction of sp³-hybridized carbons (Fsp3) is 0.154. The van der Waals surface area contributed by atoms with Crippen molar-refractivity contribution in [3.63, 3.8) is 0 Å². The van der Waals surface area contributed by atoms with Gasteiger partial charge in [0.15, 0.2) is 11.5 Å². The Morgan fingerprint density at radius 2 is 1.82 bits per heavy atom. The Hall–Kier alpha value is -2.23. The maximum Gasteiger partial charge on any atom is 0.348 e. The molecule has 1 aliphatic rings. The molecule has 0 saturated carbocycles. The van der Waals surface area contributed by atoms with Gasteiger partial charge in [0, 0.05) is 0 Å². The van der Waals surface area contributed by atoms with Gasteiger partial charge < -0.3 is 14.6 Å². The summed E-state index contributed by atoms with van der Waals surface area (Å²) in [6, 6.07) is 11.5. The topological polar surface area (TPSA) is 55.8 Å². The minimum atomic E-state index is -1.01. The second-order valence-electron chi connectivity index (χ2n) is 3.90. The summed E-state index contributed by atoms with van der Waals surface area (Å²) < 4.78 is 10.8. The smallest absolute Gasteiger partial charge is 0.348 e. The molecule has 0 saturated heterocycles. The van der Waals surface area contributed by atoms with E-state index in [2.05, 4.69) is 0 Å². The van der Waals surface area contributed by atoms with E-state index in [0.717, 1.165) is 10.8 Å². The Morgan fingerprint density at radius 1 is 1.18 bits per heavy atom. The second kappa shape index (κ2) is 3.66. The van der Waals surface area contributed by atoms with Gasteiger partial charge in [0.2, 0.25) is 6.10 Å². The highest BCUT2D eigenvalue weighted by atomic mass is 16.6. The van der Waals surface area contributed by atoms with E-state index >= 15 is 0 Å². The molecular formula is C13H10O4. The van der Waals surface area contributed by atoms with Crippen LogP contribution in [0.4, 0.5) is 0 Å². The van der Waals surface area contributed by atoms with Crippen molar-refractivity contribution in [2.45, 2.75) is 6.10 Å². The number of fused-ring (bicyclic) bond motifs is 2. The zero-order chi connectivity index (χ0) is 11.8. The first-order chi connectivity index (χ1) is 8.24. The molecule has 2 aromatic carbocycles. The van der Waals surface area contributed by atoms with Crippen molar-refractivity contribution in [2.75, 3.05) is 6.61 Å². The summed E-state index contributed by atoms with van der Waals surface area (Å²) >= 11 is 0. The molecule has 4 heteroatoms. The number of hydrogen-bond acceptors (Lipinski definition) is 3. The Bertz CT molecular complexity index is 591. The average molecular weight is 230 g/mol. The predicted octanol–water partition coefficient (Wildman–Crippen LogP) is 2.06. The predicted molar refractivity (Wildman–Crippen MR) is 61.5 cm³/mol. The maximum absolute atomic E-state index is 10.8. The Kier molecular flexibility index (Phi) is 2.14. The van der Waals surface area contributed by atoms with Gasteiger partial charge in [-0.05, 0) is 22.9 Å². The quantitative estimate of drug-likeness (QED) is 0.814. The Labute approximate surface area is 97.4 Å². The molecule has 86 valence electrons. The van der Waals surface area contributed by atoms with Crippen LogP contribution in [-0.4, -0.2) is 23.8 Å². The van der Waals surface area contributed by atoms with Crippen molar-refractivity contribution in [1.29, 1.82) is 0 Å². The van der Waals surface area contributed by atoms with Crippen LogP contribution in [0, 0.1) is 0 Å². The zero-order valence-corrected chi connectivity index (χ0v) is 8.92. The van der Waals surface area contributed by atoms with Crippen LogP contribution in [0.2, 0.25) is 0 Å². The molecular weight excluding hydrogens is 220 g/mol. The first kappa shape index (κ1) is 9.96. The summed E-state index contributed by atoms with van der Waals surface area (Å²) in [5, 5.41) is 10.9. The van der Waals surface area contributed by atoms with E-state index in [1.807, 2.05) is 30.3 Å². The normalized spacial score (nSPS) is 18.0.